The summed E-state index contributed by atoms with van der Waals surface area (Å²) >= 11 is 0. The predicted octanol–water partition coefficient (Wildman–Crippen LogP) is 3.74. The Morgan fingerprint density at radius 1 is 1.26 bits per heavy atom. The minimum atomic E-state index is -1.03. The third kappa shape index (κ3) is 5.89. The third-order valence-electron chi connectivity index (χ3n) is 5.29. The zero-order valence-corrected chi connectivity index (χ0v) is 18.9. The van der Waals surface area contributed by atoms with Crippen LogP contribution in [0.25, 0.3) is 17.2 Å². The van der Waals surface area contributed by atoms with Gasteiger partial charge in [0.15, 0.2) is 0 Å². The van der Waals surface area contributed by atoms with Crippen molar-refractivity contribution in [3.8, 4) is 16.9 Å². The lowest BCUT2D eigenvalue weighted by molar-refractivity contribution is -0.384. The van der Waals surface area contributed by atoms with Crippen LogP contribution in [0.5, 0.6) is 5.75 Å². The molecule has 0 atom stereocenters. The number of nitrogens with one attached hydrogen (secondary N) is 1. The van der Waals surface area contributed by atoms with Crippen LogP contribution in [0.3, 0.4) is 0 Å². The van der Waals surface area contributed by atoms with E-state index in [-0.39, 0.29) is 11.6 Å². The number of aromatic nitrogens is 2. The lowest BCUT2D eigenvalue weighted by atomic mass is 10.0. The maximum absolute atomic E-state index is 11.3. The van der Waals surface area contributed by atoms with E-state index in [0.29, 0.717) is 43.6 Å². The highest BCUT2D eigenvalue weighted by Gasteiger charge is 2.20. The van der Waals surface area contributed by atoms with Gasteiger partial charge in [0, 0.05) is 43.1 Å². The van der Waals surface area contributed by atoms with Crippen molar-refractivity contribution in [2.24, 2.45) is 0 Å². The quantitative estimate of drug-likeness (QED) is 0.280. The maximum Gasteiger partial charge on any atom is 0.328 e. The largest absolute Gasteiger partial charge is 0.496 e. The number of morpholine rings is 1. The molecule has 1 aromatic heterocycles. The summed E-state index contributed by atoms with van der Waals surface area (Å²) in [5, 5.41) is 23.2. The van der Waals surface area contributed by atoms with Gasteiger partial charge in [-0.1, -0.05) is 18.2 Å². The molecule has 11 heteroatoms. The van der Waals surface area contributed by atoms with Gasteiger partial charge in [-0.3, -0.25) is 10.1 Å². The van der Waals surface area contributed by atoms with Crippen LogP contribution in [0, 0.1) is 10.1 Å². The number of rotatable bonds is 8. The molecule has 35 heavy (non-hydrogen) atoms. The first-order valence-electron chi connectivity index (χ1n) is 10.7. The monoisotopic (exact) mass is 477 g/mol. The number of benzene rings is 2. The summed E-state index contributed by atoms with van der Waals surface area (Å²) in [6.07, 6.45) is 4.28. The Bertz CT molecular complexity index is 1270. The molecule has 0 bridgehead atoms. The summed E-state index contributed by atoms with van der Waals surface area (Å²) < 4.78 is 10.7. The standard InChI is InChI=1S/C24H23N5O6/c1-34-20-13-18(12-19(14-20)29(32)33)26-24-25-15-21(23(27-24)28-7-9-35-10-8-28)17-4-2-3-16(11-17)5-6-22(30)31/h2-6,11-15H,7-10H2,1H3,(H,30,31)(H,25,26,27). The molecule has 2 N–H and O–H groups in total. The second kappa shape index (κ2) is 10.6. The van der Waals surface area contributed by atoms with Gasteiger partial charge in [0.25, 0.3) is 5.69 Å². The van der Waals surface area contributed by atoms with E-state index >= 15 is 0 Å². The summed E-state index contributed by atoms with van der Waals surface area (Å²) in [5.41, 5.74) is 2.60. The van der Waals surface area contributed by atoms with E-state index in [1.165, 1.54) is 25.3 Å². The Hall–Kier alpha value is -4.51. The number of nitro groups is 1. The minimum absolute atomic E-state index is 0.122. The van der Waals surface area contributed by atoms with Gasteiger partial charge in [-0.25, -0.2) is 9.78 Å². The Morgan fingerprint density at radius 3 is 2.77 bits per heavy atom. The van der Waals surface area contributed by atoms with Crippen LogP contribution in [0.15, 0.2) is 54.7 Å². The number of carbonyl (C=O) groups is 1. The van der Waals surface area contributed by atoms with E-state index in [1.807, 2.05) is 24.3 Å². The first-order valence-corrected chi connectivity index (χ1v) is 10.7. The van der Waals surface area contributed by atoms with Crippen LogP contribution in [-0.2, 0) is 9.53 Å². The van der Waals surface area contributed by atoms with Crippen LogP contribution >= 0.6 is 0 Å². The zero-order valence-electron chi connectivity index (χ0n) is 18.9. The molecule has 0 aliphatic carbocycles. The highest BCUT2D eigenvalue weighted by Crippen LogP contribution is 2.32. The number of nitrogens with zero attached hydrogens (tertiary/aromatic N) is 4. The molecule has 3 aromatic rings. The highest BCUT2D eigenvalue weighted by molar-refractivity contribution is 5.86. The molecule has 1 aliphatic heterocycles. The molecule has 0 radical (unpaired) electrons. The number of aliphatic carboxylic acids is 1. The van der Waals surface area contributed by atoms with Crippen molar-refractivity contribution in [2.75, 3.05) is 43.6 Å². The topological polar surface area (TPSA) is 140 Å². The molecule has 1 saturated heterocycles. The molecule has 0 saturated carbocycles. The molecule has 2 aromatic carbocycles. The van der Waals surface area contributed by atoms with Gasteiger partial charge >= 0.3 is 5.97 Å². The molecular formula is C24H23N5O6. The molecule has 11 nitrogen and oxygen atoms in total. The lowest BCUT2D eigenvalue weighted by Gasteiger charge is -2.29. The van der Waals surface area contributed by atoms with E-state index in [0.717, 1.165) is 22.8 Å². The van der Waals surface area contributed by atoms with Crippen molar-refractivity contribution in [3.63, 3.8) is 0 Å². The first-order chi connectivity index (χ1) is 16.9. The molecular weight excluding hydrogens is 454 g/mol. The molecule has 4 rings (SSSR count). The third-order valence-corrected chi connectivity index (χ3v) is 5.29. The fourth-order valence-electron chi connectivity index (χ4n) is 3.64. The maximum atomic E-state index is 11.3. The Morgan fingerprint density at radius 2 is 2.06 bits per heavy atom. The summed E-state index contributed by atoms with van der Waals surface area (Å²) in [5.74, 6) is 0.237. The van der Waals surface area contributed by atoms with Crippen molar-refractivity contribution < 1.29 is 24.3 Å². The molecule has 1 aliphatic rings. The predicted molar refractivity (Wildman–Crippen MR) is 130 cm³/mol. The molecule has 0 amide bonds. The zero-order chi connectivity index (χ0) is 24.8. The highest BCUT2D eigenvalue weighted by atomic mass is 16.6. The minimum Gasteiger partial charge on any atom is -0.496 e. The van der Waals surface area contributed by atoms with Gasteiger partial charge in [-0.15, -0.1) is 0 Å². The SMILES string of the molecule is COc1cc(Nc2ncc(-c3cccc(C=CC(=O)O)c3)c(N3CCOCC3)n2)cc([N+](=O)[O-])c1. The second-order valence-corrected chi connectivity index (χ2v) is 7.63. The fraction of sp³-hybridized carbons (Fsp3) is 0.208. The summed E-state index contributed by atoms with van der Waals surface area (Å²) in [7, 11) is 1.43. The number of non-ortho nitro benzene ring substituents is 1. The number of anilines is 3. The van der Waals surface area contributed by atoms with E-state index in [1.54, 1.807) is 12.3 Å². The Labute approximate surface area is 200 Å². The Kier molecular flexibility index (Phi) is 7.17. The van der Waals surface area contributed by atoms with E-state index in [9.17, 15) is 14.9 Å². The average molecular weight is 477 g/mol. The average Bonchev–Trinajstić information content (AvgIpc) is 2.88. The second-order valence-electron chi connectivity index (χ2n) is 7.63. The number of hydrogen-bond donors (Lipinski definition) is 2. The molecule has 0 spiro atoms. The summed E-state index contributed by atoms with van der Waals surface area (Å²) in [6, 6.07) is 11.7. The van der Waals surface area contributed by atoms with Gasteiger partial charge in [-0.2, -0.15) is 4.98 Å². The first kappa shape index (κ1) is 23.6. The number of hydrogen-bond acceptors (Lipinski definition) is 9. The van der Waals surface area contributed by atoms with Crippen molar-refractivity contribution in [3.05, 3.63) is 70.4 Å². The van der Waals surface area contributed by atoms with Crippen molar-refractivity contribution in [1.29, 1.82) is 0 Å². The van der Waals surface area contributed by atoms with Crippen molar-refractivity contribution >= 4 is 35.2 Å². The number of methoxy groups -OCH3 is 1. The van der Waals surface area contributed by atoms with Crippen LogP contribution in [0.4, 0.5) is 23.1 Å². The van der Waals surface area contributed by atoms with Crippen LogP contribution in [0.2, 0.25) is 0 Å². The summed E-state index contributed by atoms with van der Waals surface area (Å²) in [6.45, 7) is 2.37. The summed E-state index contributed by atoms with van der Waals surface area (Å²) in [4.78, 5) is 32.9. The number of nitro benzene ring substituents is 1. The van der Waals surface area contributed by atoms with Gasteiger partial charge in [0.05, 0.1) is 37.0 Å². The number of carboxylic acid groups (broad SMARTS) is 1. The van der Waals surface area contributed by atoms with Gasteiger partial charge in [-0.05, 0) is 23.3 Å². The molecule has 1 fully saturated rings. The van der Waals surface area contributed by atoms with E-state index in [4.69, 9.17) is 19.6 Å². The number of carboxylic acids is 1. The van der Waals surface area contributed by atoms with Crippen LogP contribution in [0.1, 0.15) is 5.56 Å². The van der Waals surface area contributed by atoms with E-state index in [2.05, 4.69) is 15.2 Å². The normalized spacial score (nSPS) is 13.6. The fourth-order valence-corrected chi connectivity index (χ4v) is 3.64. The van der Waals surface area contributed by atoms with Gasteiger partial charge < -0.3 is 24.8 Å². The van der Waals surface area contributed by atoms with Crippen molar-refractivity contribution in [2.45, 2.75) is 0 Å². The molecule has 0 unspecified atom stereocenters. The molecule has 180 valence electrons. The van der Waals surface area contributed by atoms with Gasteiger partial charge in [0.1, 0.15) is 11.6 Å². The van der Waals surface area contributed by atoms with Crippen molar-refractivity contribution in [1.82, 2.24) is 9.97 Å². The smallest absolute Gasteiger partial charge is 0.328 e. The lowest BCUT2D eigenvalue weighted by Crippen LogP contribution is -2.37. The number of ether oxygens (including phenoxy) is 2. The Balaban J connectivity index is 1.72. The molecule has 2 heterocycles. The van der Waals surface area contributed by atoms with Gasteiger partial charge in [0.2, 0.25) is 5.95 Å². The van der Waals surface area contributed by atoms with E-state index < -0.39 is 10.9 Å². The van der Waals surface area contributed by atoms with Crippen LogP contribution < -0.4 is 15.0 Å². The van der Waals surface area contributed by atoms with Crippen LogP contribution in [-0.4, -0.2) is 59.4 Å².